The van der Waals surface area contributed by atoms with Crippen LogP contribution in [0.5, 0.6) is 5.75 Å². The van der Waals surface area contributed by atoms with Gasteiger partial charge >= 0.3 is 0 Å². The van der Waals surface area contributed by atoms with Crippen molar-refractivity contribution < 1.29 is 9.53 Å². The summed E-state index contributed by atoms with van der Waals surface area (Å²) in [6, 6.07) is 10.8. The number of halogens is 2. The third-order valence-corrected chi connectivity index (χ3v) is 4.76. The number of benzene rings is 2. The fraction of sp³-hybridized carbons (Fsp3) is 0.176. The molecule has 0 unspecified atom stereocenters. The topological polar surface area (TPSA) is 50.7 Å². The molecule has 2 rings (SSSR count). The molecule has 0 heterocycles. The molecule has 0 bridgehead atoms. The highest BCUT2D eigenvalue weighted by Gasteiger charge is 2.05. The number of nitrogens with one attached hydrogen (secondary N) is 1. The van der Waals surface area contributed by atoms with Crippen LogP contribution in [0.2, 0.25) is 0 Å². The first-order chi connectivity index (χ1) is 11.0. The van der Waals surface area contributed by atoms with Crippen LogP contribution < -0.4 is 10.2 Å². The fourth-order valence-electron chi connectivity index (χ4n) is 1.84. The Morgan fingerprint density at radius 2 is 1.83 bits per heavy atom. The quantitative estimate of drug-likeness (QED) is 0.543. The Labute approximate surface area is 152 Å². The summed E-state index contributed by atoms with van der Waals surface area (Å²) in [5.41, 5.74) is 5.02. The highest BCUT2D eigenvalue weighted by molar-refractivity contribution is 9.11. The van der Waals surface area contributed by atoms with Gasteiger partial charge in [-0.15, -0.1) is 0 Å². The molecule has 6 heteroatoms. The molecule has 23 heavy (non-hydrogen) atoms. The lowest BCUT2D eigenvalue weighted by molar-refractivity contribution is 0.0955. The van der Waals surface area contributed by atoms with E-state index in [-0.39, 0.29) is 5.91 Å². The molecule has 0 atom stereocenters. The number of rotatable bonds is 5. The first-order valence-corrected chi connectivity index (χ1v) is 8.61. The molecule has 2 aromatic carbocycles. The lowest BCUT2D eigenvalue weighted by atomic mass is 10.2. The molecule has 1 amide bonds. The van der Waals surface area contributed by atoms with Crippen LogP contribution in [0.3, 0.4) is 0 Å². The van der Waals surface area contributed by atoms with Crippen molar-refractivity contribution in [3.05, 3.63) is 62.0 Å². The molecule has 0 aliphatic rings. The molecule has 0 radical (unpaired) electrons. The lowest BCUT2D eigenvalue weighted by Crippen LogP contribution is -2.17. The van der Waals surface area contributed by atoms with Crippen LogP contribution in [0.25, 0.3) is 0 Å². The van der Waals surface area contributed by atoms with Gasteiger partial charge in [0.15, 0.2) is 0 Å². The van der Waals surface area contributed by atoms with E-state index in [1.807, 2.05) is 26.0 Å². The maximum Gasteiger partial charge on any atom is 0.271 e. The molecular weight excluding hydrogens is 424 g/mol. The Bertz CT molecular complexity index is 705. The van der Waals surface area contributed by atoms with Gasteiger partial charge in [-0.2, -0.15) is 5.10 Å². The van der Waals surface area contributed by atoms with Crippen LogP contribution in [0.15, 0.2) is 50.4 Å². The van der Waals surface area contributed by atoms with Crippen molar-refractivity contribution in [3.63, 3.8) is 0 Å². The van der Waals surface area contributed by atoms with E-state index < -0.39 is 0 Å². The number of ether oxygens (including phenoxy) is 1. The molecule has 0 aliphatic heterocycles. The van der Waals surface area contributed by atoms with E-state index in [1.54, 1.807) is 30.5 Å². The molecule has 0 fully saturated rings. The molecule has 0 saturated carbocycles. The van der Waals surface area contributed by atoms with Gasteiger partial charge < -0.3 is 4.74 Å². The van der Waals surface area contributed by atoms with E-state index in [9.17, 15) is 4.79 Å². The monoisotopic (exact) mass is 438 g/mol. The molecule has 0 aromatic heterocycles. The number of hydrogen-bond donors (Lipinski definition) is 1. The van der Waals surface area contributed by atoms with E-state index in [2.05, 4.69) is 42.4 Å². The summed E-state index contributed by atoms with van der Waals surface area (Å²) in [4.78, 5) is 12.0. The summed E-state index contributed by atoms with van der Waals surface area (Å²) in [5.74, 6) is 0.469. The van der Waals surface area contributed by atoms with E-state index in [4.69, 9.17) is 4.74 Å². The van der Waals surface area contributed by atoms with Gasteiger partial charge in [0, 0.05) is 14.5 Å². The van der Waals surface area contributed by atoms with E-state index in [0.29, 0.717) is 12.2 Å². The van der Waals surface area contributed by atoms with Gasteiger partial charge in [0.2, 0.25) is 0 Å². The van der Waals surface area contributed by atoms with Crippen molar-refractivity contribution in [3.8, 4) is 5.75 Å². The maximum atomic E-state index is 12.0. The third kappa shape index (κ3) is 4.91. The predicted octanol–water partition coefficient (Wildman–Crippen LogP) is 4.68. The highest BCUT2D eigenvalue weighted by atomic mass is 79.9. The molecule has 0 spiro atoms. The molecule has 120 valence electrons. The minimum absolute atomic E-state index is 0.269. The van der Waals surface area contributed by atoms with E-state index in [1.165, 1.54) is 0 Å². The second kappa shape index (κ2) is 8.26. The van der Waals surface area contributed by atoms with Crippen LogP contribution in [0.1, 0.15) is 28.4 Å². The second-order valence-corrected chi connectivity index (χ2v) is 6.47. The largest absolute Gasteiger partial charge is 0.494 e. The Hall–Kier alpha value is -1.66. The number of amides is 1. The van der Waals surface area contributed by atoms with Gasteiger partial charge in [-0.05, 0) is 61.4 Å². The summed E-state index contributed by atoms with van der Waals surface area (Å²) >= 11 is 6.97. The molecule has 4 nitrogen and oxygen atoms in total. The molecule has 0 aliphatic carbocycles. The Kier molecular flexibility index (Phi) is 6.36. The second-order valence-electron chi connectivity index (χ2n) is 4.77. The zero-order valence-electron chi connectivity index (χ0n) is 12.8. The number of carbonyl (C=O) groups is 1. The SMILES string of the molecule is CCOc1ccc(C(=O)N/N=C\c2cc(Br)c(C)c(Br)c2)cc1. The minimum atomic E-state index is -0.269. The van der Waals surface area contributed by atoms with E-state index >= 15 is 0 Å². The minimum Gasteiger partial charge on any atom is -0.494 e. The van der Waals surface area contributed by atoms with Crippen molar-refractivity contribution in [2.24, 2.45) is 5.10 Å². The number of hydrazone groups is 1. The number of nitrogens with zero attached hydrogens (tertiary/aromatic N) is 1. The van der Waals surface area contributed by atoms with Crippen LogP contribution >= 0.6 is 31.9 Å². The Morgan fingerprint density at radius 1 is 1.22 bits per heavy atom. The average Bonchev–Trinajstić information content (AvgIpc) is 2.53. The van der Waals surface area contributed by atoms with Gasteiger partial charge in [-0.25, -0.2) is 5.43 Å². The van der Waals surface area contributed by atoms with Crippen LogP contribution in [-0.2, 0) is 0 Å². The maximum absolute atomic E-state index is 12.0. The zero-order valence-corrected chi connectivity index (χ0v) is 15.9. The predicted molar refractivity (Wildman–Crippen MR) is 99.3 cm³/mol. The summed E-state index contributed by atoms with van der Waals surface area (Å²) in [6.45, 7) is 4.51. The van der Waals surface area contributed by atoms with E-state index in [0.717, 1.165) is 25.8 Å². The lowest BCUT2D eigenvalue weighted by Gasteiger charge is -2.05. The van der Waals surface area contributed by atoms with Gasteiger partial charge in [-0.1, -0.05) is 31.9 Å². The van der Waals surface area contributed by atoms with Gasteiger partial charge in [0.05, 0.1) is 12.8 Å². The summed E-state index contributed by atoms with van der Waals surface area (Å²) < 4.78 is 7.30. The van der Waals surface area contributed by atoms with Crippen molar-refractivity contribution in [1.82, 2.24) is 5.43 Å². The first-order valence-electron chi connectivity index (χ1n) is 7.03. The average molecular weight is 440 g/mol. The molecule has 1 N–H and O–H groups in total. The number of carbonyl (C=O) groups excluding carboxylic acids is 1. The third-order valence-electron chi connectivity index (χ3n) is 3.11. The summed E-state index contributed by atoms with van der Waals surface area (Å²) in [5, 5.41) is 3.99. The van der Waals surface area contributed by atoms with Gasteiger partial charge in [0.25, 0.3) is 5.91 Å². The Balaban J connectivity index is 2.01. The molecule has 2 aromatic rings. The zero-order chi connectivity index (χ0) is 16.8. The van der Waals surface area contributed by atoms with Crippen molar-refractivity contribution >= 4 is 44.0 Å². The molecular formula is C17H16Br2N2O2. The summed E-state index contributed by atoms with van der Waals surface area (Å²) in [7, 11) is 0. The Morgan fingerprint density at radius 3 is 2.39 bits per heavy atom. The normalized spacial score (nSPS) is 10.8. The van der Waals surface area contributed by atoms with Crippen molar-refractivity contribution in [2.75, 3.05) is 6.61 Å². The van der Waals surface area contributed by atoms with Crippen LogP contribution in [-0.4, -0.2) is 18.7 Å². The van der Waals surface area contributed by atoms with Crippen LogP contribution in [0, 0.1) is 6.92 Å². The highest BCUT2D eigenvalue weighted by Crippen LogP contribution is 2.25. The molecule has 0 saturated heterocycles. The number of hydrogen-bond acceptors (Lipinski definition) is 3. The van der Waals surface area contributed by atoms with Crippen molar-refractivity contribution in [1.29, 1.82) is 0 Å². The first kappa shape index (κ1) is 17.7. The van der Waals surface area contributed by atoms with Crippen LogP contribution in [0.4, 0.5) is 0 Å². The van der Waals surface area contributed by atoms with Gasteiger partial charge in [-0.3, -0.25) is 4.79 Å². The van der Waals surface area contributed by atoms with Gasteiger partial charge in [0.1, 0.15) is 5.75 Å². The fourth-order valence-corrected chi connectivity index (χ4v) is 3.06. The summed E-state index contributed by atoms with van der Waals surface area (Å²) in [6.07, 6.45) is 1.60. The van der Waals surface area contributed by atoms with Crippen molar-refractivity contribution in [2.45, 2.75) is 13.8 Å². The smallest absolute Gasteiger partial charge is 0.271 e. The standard InChI is InChI=1S/C17H16Br2N2O2/c1-3-23-14-6-4-13(5-7-14)17(22)21-20-10-12-8-15(18)11(2)16(19)9-12/h4-10H,3H2,1-2H3,(H,21,22)/b20-10-.